The molecule has 0 saturated heterocycles. The van der Waals surface area contributed by atoms with Gasteiger partial charge in [-0.15, -0.1) is 0 Å². The Morgan fingerprint density at radius 2 is 1.44 bits per heavy atom. The largest absolute Gasteiger partial charge is 0.403 e. The van der Waals surface area contributed by atoms with E-state index in [1.165, 1.54) is 0 Å². The van der Waals surface area contributed by atoms with Crippen molar-refractivity contribution >= 4 is 16.4 Å². The van der Waals surface area contributed by atoms with E-state index < -0.39 is 21.6 Å². The number of nitrogens with zero attached hydrogens (tertiary/aromatic N) is 1. The van der Waals surface area contributed by atoms with Crippen LogP contribution in [0.5, 0.6) is 0 Å². The van der Waals surface area contributed by atoms with Crippen molar-refractivity contribution in [1.29, 1.82) is 5.26 Å². The van der Waals surface area contributed by atoms with Crippen molar-refractivity contribution in [3.8, 4) is 6.07 Å². The molecule has 2 nitrogen and oxygen atoms in total. The monoisotopic (exact) mass is 257 g/mol. The maximum atomic E-state index is 9.56. The average Bonchev–Trinajstić information content (AvgIpc) is 2.18. The molecule has 0 N–H and O–H groups in total. The Morgan fingerprint density at radius 1 is 1.06 bits per heavy atom. The molecule has 0 aromatic rings. The summed E-state index contributed by atoms with van der Waals surface area (Å²) in [5.74, 6) is 0. The van der Waals surface area contributed by atoms with Gasteiger partial charge in [0.2, 0.25) is 0 Å². The molecule has 0 heterocycles. The molecule has 0 spiro atoms. The lowest BCUT2D eigenvalue weighted by molar-refractivity contribution is 0.211. The molecule has 16 heavy (non-hydrogen) atoms. The molecule has 0 rings (SSSR count). The third kappa shape index (κ3) is 3.19. The SMILES string of the molecule is CC[Si](CC)(CC)C(C)(C#N)O[Si](C)(C)C. The zero-order chi connectivity index (χ0) is 13.0. The summed E-state index contributed by atoms with van der Waals surface area (Å²) < 4.78 is 6.25. The molecule has 0 aromatic heterocycles. The van der Waals surface area contributed by atoms with Gasteiger partial charge >= 0.3 is 0 Å². The highest BCUT2D eigenvalue weighted by molar-refractivity contribution is 6.84. The van der Waals surface area contributed by atoms with Crippen LogP contribution in [-0.4, -0.2) is 21.6 Å². The third-order valence-corrected chi connectivity index (χ3v) is 11.3. The Labute approximate surface area is 103 Å². The van der Waals surface area contributed by atoms with Gasteiger partial charge in [0.15, 0.2) is 8.32 Å². The number of nitriles is 1. The maximum Gasteiger partial charge on any atom is 0.185 e. The molecule has 1 atom stereocenters. The molecule has 0 amide bonds. The van der Waals surface area contributed by atoms with Gasteiger partial charge in [0, 0.05) is 0 Å². The lowest BCUT2D eigenvalue weighted by atomic mass is 10.4. The molecule has 0 bridgehead atoms. The summed E-state index contributed by atoms with van der Waals surface area (Å²) in [5.41, 5.74) is 0. The highest BCUT2D eigenvalue weighted by atomic mass is 28.4. The Balaban J connectivity index is 5.29. The highest BCUT2D eigenvalue weighted by Gasteiger charge is 2.49. The van der Waals surface area contributed by atoms with E-state index in [-0.39, 0.29) is 0 Å². The zero-order valence-electron chi connectivity index (χ0n) is 12.0. The molecular formula is C12H27NOSi2. The van der Waals surface area contributed by atoms with Crippen molar-refractivity contribution < 1.29 is 4.43 Å². The Hall–Kier alpha value is -0.116. The first kappa shape index (κ1) is 15.9. The third-order valence-electron chi connectivity index (χ3n) is 3.77. The van der Waals surface area contributed by atoms with E-state index in [4.69, 9.17) is 4.43 Å². The van der Waals surface area contributed by atoms with Crippen molar-refractivity contribution in [2.45, 2.75) is 70.7 Å². The van der Waals surface area contributed by atoms with Gasteiger partial charge in [0.05, 0.1) is 6.07 Å². The average molecular weight is 258 g/mol. The van der Waals surface area contributed by atoms with Gasteiger partial charge in [-0.25, -0.2) is 0 Å². The van der Waals surface area contributed by atoms with Crippen molar-refractivity contribution in [3.63, 3.8) is 0 Å². The number of hydrogen-bond acceptors (Lipinski definition) is 2. The fourth-order valence-corrected chi connectivity index (χ4v) is 9.44. The van der Waals surface area contributed by atoms with Crippen LogP contribution in [-0.2, 0) is 4.43 Å². The van der Waals surface area contributed by atoms with Gasteiger partial charge in [-0.3, -0.25) is 0 Å². The molecule has 0 saturated carbocycles. The van der Waals surface area contributed by atoms with Gasteiger partial charge in [-0.05, 0) is 26.6 Å². The molecule has 94 valence electrons. The molecule has 0 aliphatic rings. The van der Waals surface area contributed by atoms with Crippen molar-refractivity contribution in [3.05, 3.63) is 0 Å². The van der Waals surface area contributed by atoms with E-state index >= 15 is 0 Å². The Kier molecular flexibility index (Phi) is 5.44. The Morgan fingerprint density at radius 3 is 1.62 bits per heavy atom. The van der Waals surface area contributed by atoms with Crippen LogP contribution in [0.4, 0.5) is 0 Å². The first-order valence-electron chi connectivity index (χ1n) is 6.31. The molecule has 0 fully saturated rings. The first-order chi connectivity index (χ1) is 7.20. The van der Waals surface area contributed by atoms with Gasteiger partial charge in [-0.2, -0.15) is 5.26 Å². The predicted molar refractivity (Wildman–Crippen MR) is 75.6 cm³/mol. The summed E-state index contributed by atoms with van der Waals surface area (Å²) in [7, 11) is -3.29. The summed E-state index contributed by atoms with van der Waals surface area (Å²) >= 11 is 0. The molecular weight excluding hydrogens is 230 g/mol. The van der Waals surface area contributed by atoms with Crippen LogP contribution >= 0.6 is 0 Å². The second kappa shape index (κ2) is 5.48. The van der Waals surface area contributed by atoms with E-state index in [0.717, 1.165) is 18.1 Å². The fourth-order valence-electron chi connectivity index (χ4n) is 2.62. The van der Waals surface area contributed by atoms with Crippen molar-refractivity contribution in [2.24, 2.45) is 0 Å². The lowest BCUT2D eigenvalue weighted by Gasteiger charge is -2.44. The summed E-state index contributed by atoms with van der Waals surface area (Å²) in [6, 6.07) is 5.90. The molecule has 0 radical (unpaired) electrons. The standard InChI is InChI=1S/C12H27NOSi2/c1-8-16(9-2,10-3)12(4,11-13)14-15(5,6)7/h8-10H2,1-7H3. The summed E-state index contributed by atoms with van der Waals surface area (Å²) in [5, 5.41) is 9.06. The molecule has 0 aliphatic carbocycles. The van der Waals surface area contributed by atoms with Crippen LogP contribution in [0.15, 0.2) is 0 Å². The zero-order valence-corrected chi connectivity index (χ0v) is 14.0. The quantitative estimate of drug-likeness (QED) is 0.669. The van der Waals surface area contributed by atoms with Crippen LogP contribution < -0.4 is 0 Å². The Bertz CT molecular complexity index is 255. The number of rotatable bonds is 6. The van der Waals surface area contributed by atoms with E-state index in [2.05, 4.69) is 46.5 Å². The van der Waals surface area contributed by atoms with Gasteiger partial charge < -0.3 is 4.43 Å². The van der Waals surface area contributed by atoms with Gasteiger partial charge in [0.1, 0.15) is 13.3 Å². The highest BCUT2D eigenvalue weighted by Crippen LogP contribution is 2.36. The maximum absolute atomic E-state index is 9.56. The van der Waals surface area contributed by atoms with Gasteiger partial charge in [0.25, 0.3) is 0 Å². The van der Waals surface area contributed by atoms with Crippen LogP contribution in [0.2, 0.25) is 37.8 Å². The lowest BCUT2D eigenvalue weighted by Crippen LogP contribution is -2.59. The minimum atomic E-state index is -1.66. The summed E-state index contributed by atoms with van der Waals surface area (Å²) in [6.07, 6.45) is 0. The van der Waals surface area contributed by atoms with E-state index in [1.54, 1.807) is 0 Å². The predicted octanol–water partition coefficient (Wildman–Crippen LogP) is 4.17. The fraction of sp³-hybridized carbons (Fsp3) is 0.917. The molecule has 0 aromatic carbocycles. The van der Waals surface area contributed by atoms with Crippen molar-refractivity contribution in [1.82, 2.24) is 0 Å². The molecule has 4 heteroatoms. The number of hydrogen-bond donors (Lipinski definition) is 0. The summed E-state index contributed by atoms with van der Waals surface area (Å²) in [6.45, 7) is 15.2. The second-order valence-electron chi connectivity index (χ2n) is 5.70. The van der Waals surface area contributed by atoms with Gasteiger partial charge in [-0.1, -0.05) is 38.9 Å². The van der Waals surface area contributed by atoms with Crippen molar-refractivity contribution in [2.75, 3.05) is 0 Å². The van der Waals surface area contributed by atoms with Crippen LogP contribution in [0, 0.1) is 11.3 Å². The van der Waals surface area contributed by atoms with Crippen LogP contribution in [0.1, 0.15) is 27.7 Å². The molecule has 0 aliphatic heterocycles. The molecule has 1 unspecified atom stereocenters. The first-order valence-corrected chi connectivity index (χ1v) is 12.3. The smallest absolute Gasteiger partial charge is 0.185 e. The second-order valence-corrected chi connectivity index (χ2v) is 15.8. The van der Waals surface area contributed by atoms with E-state index in [9.17, 15) is 5.26 Å². The van der Waals surface area contributed by atoms with E-state index in [1.807, 2.05) is 6.92 Å². The topological polar surface area (TPSA) is 33.0 Å². The van der Waals surface area contributed by atoms with Crippen LogP contribution in [0.25, 0.3) is 0 Å². The summed E-state index contributed by atoms with van der Waals surface area (Å²) in [4.78, 5) is 0. The minimum Gasteiger partial charge on any atom is -0.403 e. The van der Waals surface area contributed by atoms with E-state index in [0.29, 0.717) is 0 Å². The minimum absolute atomic E-state index is 0.504. The van der Waals surface area contributed by atoms with Crippen LogP contribution in [0.3, 0.4) is 0 Å². The normalized spacial score (nSPS) is 16.6.